The minimum atomic E-state index is -3.68. The summed E-state index contributed by atoms with van der Waals surface area (Å²) >= 11 is 0. The molecule has 0 aliphatic carbocycles. The summed E-state index contributed by atoms with van der Waals surface area (Å²) < 4.78 is 38.5. The van der Waals surface area contributed by atoms with E-state index in [0.717, 1.165) is 31.4 Å². The Hall–Kier alpha value is -1.68. The van der Waals surface area contributed by atoms with Crippen molar-refractivity contribution in [1.82, 2.24) is 9.62 Å². The molecule has 0 spiro atoms. The van der Waals surface area contributed by atoms with Crippen molar-refractivity contribution < 1.29 is 22.7 Å². The van der Waals surface area contributed by atoms with Gasteiger partial charge in [0.05, 0.1) is 36.9 Å². The fraction of sp³-hybridized carbons (Fsp3) is 0.696. The molecule has 0 bridgehead atoms. The van der Waals surface area contributed by atoms with Crippen molar-refractivity contribution in [2.45, 2.75) is 44.4 Å². The number of carbonyl (C=O) groups is 1. The van der Waals surface area contributed by atoms with Crippen LogP contribution in [-0.4, -0.2) is 77.8 Å². The van der Waals surface area contributed by atoms with Crippen LogP contribution >= 0.6 is 0 Å². The van der Waals surface area contributed by atoms with E-state index in [1.165, 1.54) is 10.4 Å². The van der Waals surface area contributed by atoms with Gasteiger partial charge in [0.15, 0.2) is 0 Å². The molecule has 1 atom stereocenters. The van der Waals surface area contributed by atoms with Crippen LogP contribution in [0, 0.1) is 5.92 Å². The fourth-order valence-electron chi connectivity index (χ4n) is 4.15. The summed E-state index contributed by atoms with van der Waals surface area (Å²) in [5, 5.41) is 3.07. The van der Waals surface area contributed by atoms with Crippen LogP contribution in [0.2, 0.25) is 0 Å². The smallest absolute Gasteiger partial charge is 0.253 e. The Morgan fingerprint density at radius 1 is 1.06 bits per heavy atom. The van der Waals surface area contributed by atoms with Crippen LogP contribution in [0.25, 0.3) is 0 Å². The normalized spacial score (nSPS) is 19.0. The van der Waals surface area contributed by atoms with Crippen molar-refractivity contribution in [2.24, 2.45) is 5.92 Å². The van der Waals surface area contributed by atoms with Crippen LogP contribution in [0.15, 0.2) is 23.1 Å². The lowest BCUT2D eigenvalue weighted by molar-refractivity contribution is 0.0730. The minimum Gasteiger partial charge on any atom is -0.379 e. The summed E-state index contributed by atoms with van der Waals surface area (Å²) in [4.78, 5) is 15.5. The summed E-state index contributed by atoms with van der Waals surface area (Å²) in [5.41, 5.74) is 1.17. The number of benzene rings is 1. The third kappa shape index (κ3) is 6.21. The third-order valence-corrected chi connectivity index (χ3v) is 8.16. The van der Waals surface area contributed by atoms with Crippen LogP contribution in [0.3, 0.4) is 0 Å². The molecule has 1 amide bonds. The number of anilines is 1. The number of morpholine rings is 2. The number of unbranched alkanes of at least 4 members (excludes halogenated alkanes) is 1. The average molecular weight is 468 g/mol. The van der Waals surface area contributed by atoms with Gasteiger partial charge in [0.2, 0.25) is 10.0 Å². The maximum absolute atomic E-state index is 13.3. The van der Waals surface area contributed by atoms with Gasteiger partial charge in [-0.05, 0) is 30.5 Å². The van der Waals surface area contributed by atoms with Gasteiger partial charge in [-0.2, -0.15) is 4.31 Å². The fourth-order valence-corrected chi connectivity index (χ4v) is 5.58. The van der Waals surface area contributed by atoms with Crippen LogP contribution in [0.5, 0.6) is 0 Å². The molecule has 3 rings (SSSR count). The molecule has 2 saturated heterocycles. The number of ether oxygens (including phenoxy) is 2. The molecule has 32 heavy (non-hydrogen) atoms. The number of amides is 1. The second-order valence-corrected chi connectivity index (χ2v) is 10.4. The van der Waals surface area contributed by atoms with Crippen LogP contribution in [-0.2, 0) is 19.5 Å². The minimum absolute atomic E-state index is 0.152. The second kappa shape index (κ2) is 12.0. The molecule has 1 aromatic carbocycles. The highest BCUT2D eigenvalue weighted by Gasteiger charge is 2.29. The van der Waals surface area contributed by atoms with E-state index in [4.69, 9.17) is 9.47 Å². The monoisotopic (exact) mass is 467 g/mol. The van der Waals surface area contributed by atoms with Gasteiger partial charge in [0.25, 0.3) is 5.91 Å². The Labute approximate surface area is 192 Å². The molecule has 1 aromatic rings. The first kappa shape index (κ1) is 25.0. The molecule has 1 N–H and O–H groups in total. The van der Waals surface area contributed by atoms with Gasteiger partial charge in [-0.25, -0.2) is 8.42 Å². The number of rotatable bonds is 10. The summed E-state index contributed by atoms with van der Waals surface area (Å²) in [6, 6.07) is 4.92. The molecule has 2 aliphatic rings. The Balaban J connectivity index is 1.86. The largest absolute Gasteiger partial charge is 0.379 e. The Kier molecular flexibility index (Phi) is 9.34. The second-order valence-electron chi connectivity index (χ2n) is 8.42. The van der Waals surface area contributed by atoms with Crippen LogP contribution < -0.4 is 10.2 Å². The number of sulfonamides is 1. The molecule has 0 aromatic heterocycles. The van der Waals surface area contributed by atoms with Gasteiger partial charge in [0.1, 0.15) is 0 Å². The van der Waals surface area contributed by atoms with Gasteiger partial charge in [-0.3, -0.25) is 4.79 Å². The zero-order valence-electron chi connectivity index (χ0n) is 19.3. The molecule has 0 radical (unpaired) electrons. The van der Waals surface area contributed by atoms with E-state index in [9.17, 15) is 13.2 Å². The Morgan fingerprint density at radius 3 is 2.34 bits per heavy atom. The van der Waals surface area contributed by atoms with E-state index in [2.05, 4.69) is 24.1 Å². The standard InChI is InChI=1S/C23H37N3O5S/c1-3-5-6-19(4-2)18-24-23(27)21-17-20(32(28,29)26-11-15-31-16-12-26)7-8-22(21)25-9-13-30-14-10-25/h7-8,17,19H,3-6,9-16,18H2,1-2H3,(H,24,27). The molecule has 2 aliphatic heterocycles. The highest BCUT2D eigenvalue weighted by atomic mass is 32.2. The number of nitrogens with zero attached hydrogens (tertiary/aromatic N) is 2. The quantitative estimate of drug-likeness (QED) is 0.569. The van der Waals surface area contributed by atoms with Crippen molar-refractivity contribution in [3.63, 3.8) is 0 Å². The predicted octanol–water partition coefficient (Wildman–Crippen LogP) is 2.49. The summed E-state index contributed by atoms with van der Waals surface area (Å²) in [7, 11) is -3.68. The van der Waals surface area contributed by atoms with Crippen molar-refractivity contribution >= 4 is 21.6 Å². The number of carbonyl (C=O) groups excluding carboxylic acids is 1. The molecule has 2 heterocycles. The van der Waals surface area contributed by atoms with E-state index < -0.39 is 10.0 Å². The van der Waals surface area contributed by atoms with Gasteiger partial charge in [-0.1, -0.05) is 33.1 Å². The van der Waals surface area contributed by atoms with Crippen molar-refractivity contribution in [1.29, 1.82) is 0 Å². The van der Waals surface area contributed by atoms with E-state index in [0.29, 0.717) is 70.6 Å². The number of hydrogen-bond donors (Lipinski definition) is 1. The lowest BCUT2D eigenvalue weighted by atomic mass is 9.99. The predicted molar refractivity (Wildman–Crippen MR) is 125 cm³/mol. The summed E-state index contributed by atoms with van der Waals surface area (Å²) in [6.45, 7) is 8.83. The van der Waals surface area contributed by atoms with Gasteiger partial charge >= 0.3 is 0 Å². The third-order valence-electron chi connectivity index (χ3n) is 6.27. The topological polar surface area (TPSA) is 88.2 Å². The summed E-state index contributed by atoms with van der Waals surface area (Å²) in [5.74, 6) is 0.200. The molecule has 8 nitrogen and oxygen atoms in total. The van der Waals surface area contributed by atoms with E-state index in [1.807, 2.05) is 0 Å². The maximum atomic E-state index is 13.3. The van der Waals surface area contributed by atoms with Crippen molar-refractivity contribution in [3.05, 3.63) is 23.8 Å². The highest BCUT2D eigenvalue weighted by molar-refractivity contribution is 7.89. The molecular weight excluding hydrogens is 430 g/mol. The summed E-state index contributed by atoms with van der Waals surface area (Å²) in [6.07, 6.45) is 4.35. The first-order valence-corrected chi connectivity index (χ1v) is 13.2. The molecule has 180 valence electrons. The molecule has 0 saturated carbocycles. The van der Waals surface area contributed by atoms with Crippen molar-refractivity contribution in [3.8, 4) is 0 Å². The number of nitrogens with one attached hydrogen (secondary N) is 1. The molecule has 2 fully saturated rings. The first-order valence-electron chi connectivity index (χ1n) is 11.8. The highest BCUT2D eigenvalue weighted by Crippen LogP contribution is 2.27. The SMILES string of the molecule is CCCCC(CC)CNC(=O)c1cc(S(=O)(=O)N2CCOCC2)ccc1N1CCOCC1. The lowest BCUT2D eigenvalue weighted by Gasteiger charge is -2.31. The zero-order chi connectivity index (χ0) is 23.0. The van der Waals surface area contributed by atoms with Crippen molar-refractivity contribution in [2.75, 3.05) is 64.1 Å². The van der Waals surface area contributed by atoms with Gasteiger partial charge < -0.3 is 19.7 Å². The van der Waals surface area contributed by atoms with Gasteiger partial charge in [0, 0.05) is 38.4 Å². The maximum Gasteiger partial charge on any atom is 0.253 e. The first-order chi connectivity index (χ1) is 15.5. The zero-order valence-corrected chi connectivity index (χ0v) is 20.2. The van der Waals surface area contributed by atoms with E-state index >= 15 is 0 Å². The lowest BCUT2D eigenvalue weighted by Crippen LogP contribution is -2.41. The van der Waals surface area contributed by atoms with Crippen LogP contribution in [0.1, 0.15) is 49.9 Å². The molecule has 9 heteroatoms. The van der Waals surface area contributed by atoms with E-state index in [1.54, 1.807) is 12.1 Å². The number of hydrogen-bond acceptors (Lipinski definition) is 6. The molecular formula is C23H37N3O5S. The Morgan fingerprint density at radius 2 is 1.72 bits per heavy atom. The van der Waals surface area contributed by atoms with Crippen LogP contribution in [0.4, 0.5) is 5.69 Å². The Bertz CT molecular complexity index is 849. The van der Waals surface area contributed by atoms with E-state index in [-0.39, 0.29) is 10.8 Å². The van der Waals surface area contributed by atoms with Gasteiger partial charge in [-0.15, -0.1) is 0 Å². The average Bonchev–Trinajstić information content (AvgIpc) is 2.84. The molecule has 1 unspecified atom stereocenters.